The van der Waals surface area contributed by atoms with Gasteiger partial charge in [-0.25, -0.2) is 8.78 Å². The summed E-state index contributed by atoms with van der Waals surface area (Å²) in [5.74, 6) is -0.651. The lowest BCUT2D eigenvalue weighted by molar-refractivity contribution is -0.132. The first-order valence-corrected chi connectivity index (χ1v) is 22.9. The summed E-state index contributed by atoms with van der Waals surface area (Å²) < 4.78 is 31.6. The number of benzene rings is 2. The van der Waals surface area contributed by atoms with Crippen LogP contribution in [0.2, 0.25) is 0 Å². The van der Waals surface area contributed by atoms with Crippen LogP contribution in [0.15, 0.2) is 36.5 Å². The molecule has 3 saturated heterocycles. The van der Waals surface area contributed by atoms with Gasteiger partial charge < -0.3 is 20.0 Å². The van der Waals surface area contributed by atoms with E-state index in [1.807, 2.05) is 11.8 Å². The topological polar surface area (TPSA) is 128 Å². The van der Waals surface area contributed by atoms with Crippen LogP contribution in [0, 0.1) is 0 Å². The Labute approximate surface area is 361 Å². The third-order valence-electron chi connectivity index (χ3n) is 14.2. The maximum absolute atomic E-state index is 14.7. The zero-order valence-electron chi connectivity index (χ0n) is 35.8. The predicted octanol–water partition coefficient (Wildman–Crippen LogP) is 7.55. The lowest BCUT2D eigenvalue weighted by Gasteiger charge is -2.33. The van der Waals surface area contributed by atoms with Crippen molar-refractivity contribution in [2.75, 3.05) is 37.6 Å². The van der Waals surface area contributed by atoms with Crippen molar-refractivity contribution in [1.29, 1.82) is 0 Å². The van der Waals surface area contributed by atoms with Crippen LogP contribution in [0.25, 0.3) is 0 Å². The standard InChI is InChI=1S/C48H57F2N7O5/c1-3-30-25-37-38(48(62)56(47(37)61)40-17-16-29(2)51-45(40)59)26-31(30)11-9-15-42(58)53-23-18-33(19-24-53)57-39-14-6-5-13-34(39)44(52-57)55-22-10-12-32-27-36(35(43(49)50)28-41(32)55)46(60)54-20-7-4-8-21-54/h25-28,33,40,43H,2-24H2,1H3,(H,51,59). The number of aryl methyl sites for hydroxylation is 3. The van der Waals surface area contributed by atoms with E-state index in [1.54, 1.807) is 29.2 Å². The summed E-state index contributed by atoms with van der Waals surface area (Å²) in [6.45, 7) is 8.90. The van der Waals surface area contributed by atoms with Crippen LogP contribution < -0.4 is 10.2 Å². The van der Waals surface area contributed by atoms with E-state index in [9.17, 15) is 32.8 Å². The molecule has 9 rings (SSSR count). The zero-order chi connectivity index (χ0) is 43.2. The minimum absolute atomic E-state index is 0.0889. The van der Waals surface area contributed by atoms with Gasteiger partial charge in [-0.2, -0.15) is 5.10 Å². The molecule has 6 aliphatic rings. The van der Waals surface area contributed by atoms with Gasteiger partial charge in [-0.1, -0.05) is 13.5 Å². The highest BCUT2D eigenvalue weighted by Gasteiger charge is 2.44. The highest BCUT2D eigenvalue weighted by molar-refractivity contribution is 6.23. The predicted molar refractivity (Wildman–Crippen MR) is 230 cm³/mol. The molecule has 6 heterocycles. The molecule has 14 heteroatoms. The molecule has 0 spiro atoms. The molecule has 0 radical (unpaired) electrons. The Hall–Kier alpha value is -5.40. The lowest BCUT2D eigenvalue weighted by Crippen LogP contribution is -2.51. The molecule has 0 bridgehead atoms. The summed E-state index contributed by atoms with van der Waals surface area (Å²) in [7, 11) is 0. The van der Waals surface area contributed by atoms with Crippen LogP contribution >= 0.6 is 0 Å². The van der Waals surface area contributed by atoms with Gasteiger partial charge in [-0.15, -0.1) is 0 Å². The molecule has 1 atom stereocenters. The minimum atomic E-state index is -2.77. The molecule has 0 saturated carbocycles. The van der Waals surface area contributed by atoms with Gasteiger partial charge in [0.2, 0.25) is 11.8 Å². The summed E-state index contributed by atoms with van der Waals surface area (Å²) in [6, 6.07) is 6.12. The second-order valence-electron chi connectivity index (χ2n) is 18.0. The van der Waals surface area contributed by atoms with Gasteiger partial charge in [0.1, 0.15) is 6.04 Å². The van der Waals surface area contributed by atoms with E-state index in [0.717, 1.165) is 104 Å². The average molecular weight is 850 g/mol. The fourth-order valence-corrected chi connectivity index (χ4v) is 10.8. The number of hydrogen-bond acceptors (Lipinski definition) is 7. The first-order chi connectivity index (χ1) is 30.0. The van der Waals surface area contributed by atoms with Gasteiger partial charge in [0.25, 0.3) is 24.1 Å². The molecular formula is C48H57F2N7O5. The molecule has 328 valence electrons. The number of rotatable bonds is 10. The molecule has 1 aliphatic carbocycles. The summed E-state index contributed by atoms with van der Waals surface area (Å²) in [5, 5.41) is 7.97. The quantitative estimate of drug-likeness (QED) is 0.209. The van der Waals surface area contributed by atoms with Crippen molar-refractivity contribution in [3.63, 3.8) is 0 Å². The first-order valence-electron chi connectivity index (χ1n) is 22.9. The summed E-state index contributed by atoms with van der Waals surface area (Å²) in [4.78, 5) is 73.7. The van der Waals surface area contributed by atoms with Crippen molar-refractivity contribution >= 4 is 41.0 Å². The number of piperidine rings is 3. The van der Waals surface area contributed by atoms with Crippen LogP contribution in [-0.4, -0.2) is 92.8 Å². The number of carbonyl (C=O) groups is 5. The SMILES string of the molecule is C=C1CCC(N2C(=O)c3cc(CC)c(CCCC(=O)N4CCC(n5nc(N6CCCc7cc(C(=O)N8CCCCC8)c(C(F)F)cc76)c6c5CCCC6)CC4)cc3C2=O)C(=O)N1. The fourth-order valence-electron chi connectivity index (χ4n) is 10.8. The van der Waals surface area contributed by atoms with E-state index >= 15 is 0 Å². The first kappa shape index (κ1) is 41.9. The van der Waals surface area contributed by atoms with Crippen LogP contribution in [0.4, 0.5) is 20.3 Å². The summed E-state index contributed by atoms with van der Waals surface area (Å²) >= 11 is 0. The molecule has 5 aliphatic heterocycles. The van der Waals surface area contributed by atoms with Crippen molar-refractivity contribution in [1.82, 2.24) is 29.8 Å². The Bertz CT molecular complexity index is 2330. The number of fused-ring (bicyclic) bond motifs is 3. The second kappa shape index (κ2) is 17.4. The molecule has 1 N–H and O–H groups in total. The number of aromatic nitrogens is 2. The van der Waals surface area contributed by atoms with E-state index in [2.05, 4.69) is 21.5 Å². The second-order valence-corrected chi connectivity index (χ2v) is 18.0. The number of nitrogens with zero attached hydrogens (tertiary/aromatic N) is 6. The van der Waals surface area contributed by atoms with E-state index in [-0.39, 0.29) is 29.0 Å². The molecular weight excluding hydrogens is 793 g/mol. The number of carbonyl (C=O) groups excluding carboxylic acids is 5. The summed E-state index contributed by atoms with van der Waals surface area (Å²) in [6.07, 6.45) is 10.1. The monoisotopic (exact) mass is 849 g/mol. The third kappa shape index (κ3) is 7.71. The highest BCUT2D eigenvalue weighted by Crippen LogP contribution is 2.43. The minimum Gasteiger partial charge on any atom is -0.343 e. The van der Waals surface area contributed by atoms with E-state index < -0.39 is 30.2 Å². The number of allylic oxidation sites excluding steroid dienone is 1. The highest BCUT2D eigenvalue weighted by atomic mass is 19.3. The zero-order valence-corrected chi connectivity index (χ0v) is 35.8. The number of halogens is 2. The Morgan fingerprint density at radius 1 is 0.823 bits per heavy atom. The maximum atomic E-state index is 14.7. The average Bonchev–Trinajstić information content (AvgIpc) is 3.79. The molecule has 3 fully saturated rings. The van der Waals surface area contributed by atoms with Crippen molar-refractivity contribution in [3.05, 3.63) is 86.7 Å². The smallest absolute Gasteiger partial charge is 0.264 e. The van der Waals surface area contributed by atoms with Gasteiger partial charge in [-0.05, 0) is 144 Å². The lowest BCUT2D eigenvalue weighted by atomic mass is 9.92. The largest absolute Gasteiger partial charge is 0.343 e. The fraction of sp³-hybridized carbons (Fsp3) is 0.542. The van der Waals surface area contributed by atoms with E-state index in [1.165, 1.54) is 11.3 Å². The number of nitrogens with one attached hydrogen (secondary N) is 1. The molecule has 12 nitrogen and oxygen atoms in total. The Morgan fingerprint density at radius 3 is 2.26 bits per heavy atom. The van der Waals surface area contributed by atoms with Gasteiger partial charge >= 0.3 is 0 Å². The van der Waals surface area contributed by atoms with Crippen molar-refractivity contribution in [2.45, 2.75) is 135 Å². The van der Waals surface area contributed by atoms with Crippen molar-refractivity contribution in [3.8, 4) is 0 Å². The van der Waals surface area contributed by atoms with E-state index in [0.29, 0.717) is 88.1 Å². The summed E-state index contributed by atoms with van der Waals surface area (Å²) in [5.41, 5.74) is 7.10. The molecule has 1 unspecified atom stereocenters. The van der Waals surface area contributed by atoms with Gasteiger partial charge in [-0.3, -0.25) is 33.6 Å². The van der Waals surface area contributed by atoms with Crippen LogP contribution in [0.5, 0.6) is 0 Å². The number of likely N-dealkylation sites (tertiary alicyclic amines) is 2. The Balaban J connectivity index is 0.858. The van der Waals surface area contributed by atoms with Gasteiger partial charge in [0.15, 0.2) is 5.82 Å². The number of anilines is 2. The van der Waals surface area contributed by atoms with Gasteiger partial charge in [0.05, 0.1) is 17.2 Å². The number of imide groups is 1. The van der Waals surface area contributed by atoms with Crippen molar-refractivity contribution in [2.24, 2.45) is 0 Å². The van der Waals surface area contributed by atoms with Gasteiger partial charge in [0, 0.05) is 72.9 Å². The molecule has 1 aromatic heterocycles. The molecule has 5 amide bonds. The van der Waals surface area contributed by atoms with Crippen molar-refractivity contribution < 1.29 is 32.8 Å². The Morgan fingerprint density at radius 2 is 1.55 bits per heavy atom. The number of amides is 5. The molecule has 62 heavy (non-hydrogen) atoms. The van der Waals surface area contributed by atoms with Crippen LogP contribution in [0.3, 0.4) is 0 Å². The third-order valence-corrected chi connectivity index (χ3v) is 14.2. The van der Waals surface area contributed by atoms with Crippen LogP contribution in [0.1, 0.15) is 161 Å². The Kier molecular flexibility index (Phi) is 11.8. The molecule has 2 aromatic carbocycles. The number of hydrogen-bond donors (Lipinski definition) is 1. The maximum Gasteiger partial charge on any atom is 0.264 e. The van der Waals surface area contributed by atoms with Crippen LogP contribution in [-0.2, 0) is 41.7 Å². The molecule has 3 aromatic rings. The number of alkyl halides is 2. The van der Waals surface area contributed by atoms with E-state index in [4.69, 9.17) is 5.10 Å². The normalized spacial score (nSPS) is 20.7.